The Morgan fingerprint density at radius 3 is 1.95 bits per heavy atom. The van der Waals surface area contributed by atoms with E-state index in [-0.39, 0.29) is 11.6 Å². The minimum atomic E-state index is -2.86. The Labute approximate surface area is 231 Å². The van der Waals surface area contributed by atoms with Crippen LogP contribution in [-0.4, -0.2) is 54.2 Å². The second-order valence-electron chi connectivity index (χ2n) is 11.9. The highest BCUT2D eigenvalue weighted by molar-refractivity contribution is 6.99. The minimum absolute atomic E-state index is 0.0350. The maximum Gasteiger partial charge on any atom is 0.261 e. The molecule has 0 amide bonds. The number of aromatic nitrogens is 1. The number of benzene rings is 3. The van der Waals surface area contributed by atoms with E-state index in [1.807, 2.05) is 66.7 Å². The number of aromatic amines is 1. The first-order chi connectivity index (χ1) is 18.5. The summed E-state index contributed by atoms with van der Waals surface area (Å²) in [6.07, 6.45) is -3.63. The smallest absolute Gasteiger partial charge is 0.261 e. The summed E-state index contributed by atoms with van der Waals surface area (Å²) >= 11 is 0. The van der Waals surface area contributed by atoms with Gasteiger partial charge in [0.25, 0.3) is 8.32 Å². The summed E-state index contributed by atoms with van der Waals surface area (Å²) in [5.41, 5.74) is 1.55. The Bertz CT molecular complexity index is 1310. The van der Waals surface area contributed by atoms with Crippen LogP contribution < -0.4 is 10.4 Å². The normalized spacial score (nSPS) is 21.2. The fraction of sp³-hybridized carbons (Fsp3) is 0.375. The maximum atomic E-state index is 11.6. The summed E-state index contributed by atoms with van der Waals surface area (Å²) in [7, 11) is -2.86. The highest BCUT2D eigenvalue weighted by Gasteiger charge is 2.53. The fourth-order valence-electron chi connectivity index (χ4n) is 5.86. The van der Waals surface area contributed by atoms with Gasteiger partial charge < -0.3 is 29.1 Å². The maximum absolute atomic E-state index is 11.6. The van der Waals surface area contributed by atoms with Crippen LogP contribution in [0.4, 0.5) is 0 Å². The van der Waals surface area contributed by atoms with Gasteiger partial charge in [-0.05, 0) is 46.8 Å². The Morgan fingerprint density at radius 1 is 0.846 bits per heavy atom. The average Bonchev–Trinajstić information content (AvgIpc) is 3.49. The van der Waals surface area contributed by atoms with Gasteiger partial charge in [-0.25, -0.2) is 0 Å². The SMILES string of the molecule is CC1(C)O[C@H]([C@H](O)CO[Si](c2ccccc2)(c2ccccc2)C(C)(C)C)[C@@H](C(O)c2cc3ccccc3[nH]2)O1. The van der Waals surface area contributed by atoms with E-state index in [1.165, 1.54) is 0 Å². The van der Waals surface area contributed by atoms with Crippen molar-refractivity contribution in [1.82, 2.24) is 4.98 Å². The van der Waals surface area contributed by atoms with E-state index in [9.17, 15) is 10.2 Å². The number of rotatable bonds is 8. The summed E-state index contributed by atoms with van der Waals surface area (Å²) in [6, 6.07) is 30.4. The molecule has 3 aromatic carbocycles. The molecule has 1 saturated heterocycles. The monoisotopic (exact) mass is 545 g/mol. The number of hydrogen-bond donors (Lipinski definition) is 3. The third kappa shape index (κ3) is 5.35. The lowest BCUT2D eigenvalue weighted by atomic mass is 10.0. The number of H-pyrrole nitrogens is 1. The van der Waals surface area contributed by atoms with E-state index < -0.39 is 38.5 Å². The lowest BCUT2D eigenvalue weighted by molar-refractivity contribution is -0.162. The van der Waals surface area contributed by atoms with Gasteiger partial charge in [-0.15, -0.1) is 0 Å². The molecule has 0 aliphatic carbocycles. The highest BCUT2D eigenvalue weighted by Crippen LogP contribution is 2.39. The van der Waals surface area contributed by atoms with Crippen molar-refractivity contribution in [2.45, 2.75) is 69.9 Å². The molecule has 2 heterocycles. The molecule has 1 fully saturated rings. The average molecular weight is 546 g/mol. The molecule has 0 spiro atoms. The molecule has 4 aromatic rings. The van der Waals surface area contributed by atoms with Gasteiger partial charge in [0, 0.05) is 11.2 Å². The first kappa shape index (κ1) is 27.8. The van der Waals surface area contributed by atoms with Crippen molar-refractivity contribution >= 4 is 29.6 Å². The van der Waals surface area contributed by atoms with Crippen LogP contribution in [0.25, 0.3) is 10.9 Å². The molecule has 1 aliphatic rings. The summed E-state index contributed by atoms with van der Waals surface area (Å²) in [4.78, 5) is 3.29. The molecular formula is C32H39NO5Si. The largest absolute Gasteiger partial charge is 0.405 e. The second-order valence-corrected chi connectivity index (χ2v) is 16.2. The first-order valence-electron chi connectivity index (χ1n) is 13.6. The van der Waals surface area contributed by atoms with E-state index in [4.69, 9.17) is 13.9 Å². The molecular weight excluding hydrogens is 506 g/mol. The van der Waals surface area contributed by atoms with E-state index in [1.54, 1.807) is 13.8 Å². The number of ether oxygens (including phenoxy) is 2. The third-order valence-electron chi connectivity index (χ3n) is 7.61. The molecule has 3 N–H and O–H groups in total. The molecule has 1 aliphatic heterocycles. The van der Waals surface area contributed by atoms with Crippen LogP contribution in [-0.2, 0) is 13.9 Å². The first-order valence-corrected chi connectivity index (χ1v) is 15.5. The quantitative estimate of drug-likeness (QED) is 0.281. The van der Waals surface area contributed by atoms with Crippen molar-refractivity contribution in [2.75, 3.05) is 6.61 Å². The van der Waals surface area contributed by atoms with Crippen LogP contribution in [0.3, 0.4) is 0 Å². The number of para-hydroxylation sites is 1. The van der Waals surface area contributed by atoms with Gasteiger partial charge in [0.15, 0.2) is 5.79 Å². The van der Waals surface area contributed by atoms with Crippen molar-refractivity contribution in [2.24, 2.45) is 0 Å². The van der Waals surface area contributed by atoms with E-state index >= 15 is 0 Å². The molecule has 0 radical (unpaired) electrons. The Balaban J connectivity index is 1.45. The standard InChI is InChI=1S/C32H39NO5Si/c1-31(2,3)39(23-15-8-6-9-16-23,24-17-10-7-11-18-24)36-21-27(34)29-30(38-32(4,5)37-29)28(35)26-20-22-14-12-13-19-25(22)33-26/h6-20,27-30,33-35H,21H2,1-5H3/t27-,28?,29-,30-/m1/s1. The second kappa shape index (κ2) is 10.7. The molecule has 6 nitrogen and oxygen atoms in total. The van der Waals surface area contributed by atoms with Gasteiger partial charge in [-0.3, -0.25) is 0 Å². The summed E-state index contributed by atoms with van der Waals surface area (Å²) in [5, 5.41) is 26.0. The number of hydrogen-bond acceptors (Lipinski definition) is 5. The van der Waals surface area contributed by atoms with E-state index in [2.05, 4.69) is 50.0 Å². The van der Waals surface area contributed by atoms with Crippen LogP contribution in [0.15, 0.2) is 91.0 Å². The van der Waals surface area contributed by atoms with E-state index in [0.29, 0.717) is 5.69 Å². The molecule has 0 saturated carbocycles. The van der Waals surface area contributed by atoms with Crippen LogP contribution in [0.1, 0.15) is 46.4 Å². The lowest BCUT2D eigenvalue weighted by Crippen LogP contribution is -2.67. The Kier molecular flexibility index (Phi) is 7.58. The van der Waals surface area contributed by atoms with Crippen molar-refractivity contribution in [3.63, 3.8) is 0 Å². The van der Waals surface area contributed by atoms with Crippen LogP contribution in [0.5, 0.6) is 0 Å². The van der Waals surface area contributed by atoms with Crippen molar-refractivity contribution in [3.05, 3.63) is 96.7 Å². The van der Waals surface area contributed by atoms with Crippen molar-refractivity contribution in [1.29, 1.82) is 0 Å². The number of fused-ring (bicyclic) bond motifs is 1. The zero-order valence-corrected chi connectivity index (χ0v) is 24.3. The van der Waals surface area contributed by atoms with Gasteiger partial charge in [0.2, 0.25) is 0 Å². The van der Waals surface area contributed by atoms with Gasteiger partial charge in [0.1, 0.15) is 24.4 Å². The molecule has 1 aromatic heterocycles. The number of aliphatic hydroxyl groups excluding tert-OH is 2. The predicted octanol–water partition coefficient (Wildman–Crippen LogP) is 4.66. The van der Waals surface area contributed by atoms with Gasteiger partial charge >= 0.3 is 0 Å². The highest BCUT2D eigenvalue weighted by atomic mass is 28.4. The van der Waals surface area contributed by atoms with Gasteiger partial charge in [-0.2, -0.15) is 0 Å². The predicted molar refractivity (Wildman–Crippen MR) is 157 cm³/mol. The summed E-state index contributed by atoms with van der Waals surface area (Å²) in [5.74, 6) is -0.972. The molecule has 5 rings (SSSR count). The molecule has 0 bridgehead atoms. The topological polar surface area (TPSA) is 83.9 Å². The molecule has 4 atom stereocenters. The summed E-state index contributed by atoms with van der Waals surface area (Å²) < 4.78 is 19.3. The minimum Gasteiger partial charge on any atom is -0.405 e. The zero-order valence-electron chi connectivity index (χ0n) is 23.3. The van der Waals surface area contributed by atoms with Crippen LogP contribution in [0, 0.1) is 0 Å². The zero-order chi connectivity index (χ0) is 27.8. The lowest BCUT2D eigenvalue weighted by Gasteiger charge is -2.43. The molecule has 1 unspecified atom stereocenters. The molecule has 7 heteroatoms. The number of aliphatic hydroxyl groups is 2. The molecule has 206 valence electrons. The molecule has 39 heavy (non-hydrogen) atoms. The van der Waals surface area contributed by atoms with Crippen molar-refractivity contribution in [3.8, 4) is 0 Å². The third-order valence-corrected chi connectivity index (χ3v) is 12.6. The summed E-state index contributed by atoms with van der Waals surface area (Å²) in [6.45, 7) is 10.2. The Hall–Kier alpha value is -2.78. The van der Waals surface area contributed by atoms with Crippen LogP contribution in [0.2, 0.25) is 5.04 Å². The Morgan fingerprint density at radius 2 is 1.38 bits per heavy atom. The fourth-order valence-corrected chi connectivity index (χ4v) is 10.4. The van der Waals surface area contributed by atoms with E-state index in [0.717, 1.165) is 21.3 Å². The van der Waals surface area contributed by atoms with Gasteiger partial charge in [0.05, 0.1) is 6.61 Å². The van der Waals surface area contributed by atoms with Crippen LogP contribution >= 0.6 is 0 Å². The van der Waals surface area contributed by atoms with Crippen molar-refractivity contribution < 1.29 is 24.1 Å². The van der Waals surface area contributed by atoms with Gasteiger partial charge in [-0.1, -0.05) is 99.6 Å². The number of nitrogens with one attached hydrogen (secondary N) is 1.